The van der Waals surface area contributed by atoms with Gasteiger partial charge in [-0.15, -0.1) is 0 Å². The Bertz CT molecular complexity index is 399. The smallest absolute Gasteiger partial charge is 0.168 e. The molecule has 0 spiro atoms. The van der Waals surface area contributed by atoms with E-state index in [9.17, 15) is 13.2 Å². The van der Waals surface area contributed by atoms with Crippen LogP contribution in [0.5, 0.6) is 5.75 Å². The lowest BCUT2D eigenvalue weighted by molar-refractivity contribution is 0.360. The highest BCUT2D eigenvalue weighted by Gasteiger charge is 2.24. The zero-order valence-corrected chi connectivity index (χ0v) is 9.40. The van der Waals surface area contributed by atoms with E-state index < -0.39 is 23.0 Å². The first-order valence-corrected chi connectivity index (χ1v) is 4.75. The Morgan fingerprint density at radius 2 is 1.81 bits per heavy atom. The molecule has 0 aliphatic heterocycles. The second-order valence-corrected chi connectivity index (χ2v) is 4.33. The minimum absolute atomic E-state index is 0.0172. The summed E-state index contributed by atoms with van der Waals surface area (Å²) in [6.07, 6.45) is -0.0172. The monoisotopic (exact) mass is 233 g/mol. The number of halogens is 3. The molecular formula is C11H14F3NO. The van der Waals surface area contributed by atoms with Crippen LogP contribution < -0.4 is 10.5 Å². The van der Waals surface area contributed by atoms with Gasteiger partial charge in [-0.25, -0.2) is 13.2 Å². The second kappa shape index (κ2) is 4.33. The fraction of sp³-hybridized carbons (Fsp3) is 0.455. The average Bonchev–Trinajstić information content (AvgIpc) is 2.12. The fourth-order valence-corrected chi connectivity index (χ4v) is 1.46. The van der Waals surface area contributed by atoms with Crippen molar-refractivity contribution >= 4 is 0 Å². The zero-order chi connectivity index (χ0) is 12.5. The first-order chi connectivity index (χ1) is 7.26. The summed E-state index contributed by atoms with van der Waals surface area (Å²) in [5.74, 6) is -3.58. The van der Waals surface area contributed by atoms with Crippen LogP contribution >= 0.6 is 0 Å². The summed E-state index contributed by atoms with van der Waals surface area (Å²) in [7, 11) is 1.20. The van der Waals surface area contributed by atoms with Gasteiger partial charge in [0.1, 0.15) is 0 Å². The quantitative estimate of drug-likeness (QED) is 0.813. The highest BCUT2D eigenvalue weighted by molar-refractivity contribution is 5.38. The van der Waals surface area contributed by atoms with Crippen molar-refractivity contribution in [1.82, 2.24) is 0 Å². The molecule has 0 atom stereocenters. The minimum Gasteiger partial charge on any atom is -0.493 e. The third-order valence-electron chi connectivity index (χ3n) is 2.06. The van der Waals surface area contributed by atoms with Crippen molar-refractivity contribution in [3.63, 3.8) is 0 Å². The Labute approximate surface area is 92.2 Å². The molecule has 0 radical (unpaired) electrons. The summed E-state index contributed by atoms with van der Waals surface area (Å²) < 4.78 is 44.5. The van der Waals surface area contributed by atoms with Crippen LogP contribution in [0.25, 0.3) is 0 Å². The Hall–Kier alpha value is -1.23. The summed E-state index contributed by atoms with van der Waals surface area (Å²) >= 11 is 0. The molecule has 0 saturated carbocycles. The molecule has 5 heteroatoms. The fourth-order valence-electron chi connectivity index (χ4n) is 1.46. The maximum Gasteiger partial charge on any atom is 0.168 e. The van der Waals surface area contributed by atoms with Crippen LogP contribution in [-0.2, 0) is 6.42 Å². The molecule has 16 heavy (non-hydrogen) atoms. The van der Waals surface area contributed by atoms with Crippen molar-refractivity contribution in [2.75, 3.05) is 7.11 Å². The highest BCUT2D eigenvalue weighted by Crippen LogP contribution is 2.29. The number of nitrogens with two attached hydrogens (primary N) is 1. The molecule has 2 nitrogen and oxygen atoms in total. The minimum atomic E-state index is -1.24. The number of rotatable bonds is 3. The van der Waals surface area contributed by atoms with Crippen molar-refractivity contribution in [1.29, 1.82) is 0 Å². The molecule has 1 aromatic rings. The van der Waals surface area contributed by atoms with Crippen molar-refractivity contribution in [3.05, 3.63) is 29.1 Å². The highest BCUT2D eigenvalue weighted by atomic mass is 19.2. The van der Waals surface area contributed by atoms with Gasteiger partial charge in [0.15, 0.2) is 23.2 Å². The standard InChI is InChI=1S/C11H14F3NO/c1-11(2,15)5-6-9(14)7(12)4-8(13)10(6)16-3/h4H,5,15H2,1-3H3. The van der Waals surface area contributed by atoms with Gasteiger partial charge in [-0.1, -0.05) is 0 Å². The molecule has 0 saturated heterocycles. The Morgan fingerprint density at radius 1 is 1.25 bits per heavy atom. The van der Waals surface area contributed by atoms with Crippen molar-refractivity contribution in [3.8, 4) is 5.75 Å². The average molecular weight is 233 g/mol. The predicted octanol–water partition coefficient (Wildman–Crippen LogP) is 2.39. The van der Waals surface area contributed by atoms with E-state index in [1.165, 1.54) is 7.11 Å². The van der Waals surface area contributed by atoms with E-state index in [1.54, 1.807) is 13.8 Å². The molecule has 0 bridgehead atoms. The topological polar surface area (TPSA) is 35.2 Å². The molecule has 0 amide bonds. The third kappa shape index (κ3) is 2.66. The van der Waals surface area contributed by atoms with Crippen molar-refractivity contribution in [2.24, 2.45) is 5.73 Å². The molecule has 0 heterocycles. The van der Waals surface area contributed by atoms with Gasteiger partial charge >= 0.3 is 0 Å². The van der Waals surface area contributed by atoms with Gasteiger partial charge in [-0.05, 0) is 20.3 Å². The van der Waals surface area contributed by atoms with Crippen LogP contribution in [0.2, 0.25) is 0 Å². The van der Waals surface area contributed by atoms with E-state index in [0.29, 0.717) is 6.07 Å². The normalized spacial score (nSPS) is 11.7. The van der Waals surface area contributed by atoms with Gasteiger partial charge in [-0.3, -0.25) is 0 Å². The summed E-state index contributed by atoms with van der Waals surface area (Å²) in [4.78, 5) is 0. The summed E-state index contributed by atoms with van der Waals surface area (Å²) in [6, 6.07) is 0.460. The Kier molecular flexibility index (Phi) is 3.48. The first-order valence-electron chi connectivity index (χ1n) is 4.75. The summed E-state index contributed by atoms with van der Waals surface area (Å²) in [6.45, 7) is 3.27. The van der Waals surface area contributed by atoms with Crippen LogP contribution in [0.4, 0.5) is 13.2 Å². The van der Waals surface area contributed by atoms with E-state index in [-0.39, 0.29) is 17.7 Å². The zero-order valence-electron chi connectivity index (χ0n) is 9.40. The number of hydrogen-bond acceptors (Lipinski definition) is 2. The largest absolute Gasteiger partial charge is 0.493 e. The van der Waals surface area contributed by atoms with E-state index in [2.05, 4.69) is 0 Å². The molecule has 0 aliphatic rings. The maximum atomic E-state index is 13.5. The maximum absolute atomic E-state index is 13.5. The number of methoxy groups -OCH3 is 1. The second-order valence-electron chi connectivity index (χ2n) is 4.33. The van der Waals surface area contributed by atoms with Crippen LogP contribution in [-0.4, -0.2) is 12.6 Å². The van der Waals surface area contributed by atoms with E-state index in [0.717, 1.165) is 0 Å². The molecule has 1 aromatic carbocycles. The lowest BCUT2D eigenvalue weighted by Gasteiger charge is -2.20. The number of hydrogen-bond donors (Lipinski definition) is 1. The summed E-state index contributed by atoms with van der Waals surface area (Å²) in [5, 5.41) is 0. The molecule has 0 aliphatic carbocycles. The van der Waals surface area contributed by atoms with E-state index >= 15 is 0 Å². The predicted molar refractivity (Wildman–Crippen MR) is 54.8 cm³/mol. The van der Waals surface area contributed by atoms with Crippen molar-refractivity contribution < 1.29 is 17.9 Å². The lowest BCUT2D eigenvalue weighted by Crippen LogP contribution is -2.35. The van der Waals surface area contributed by atoms with Gasteiger partial charge in [0.2, 0.25) is 0 Å². The first kappa shape index (κ1) is 12.8. The van der Waals surface area contributed by atoms with Gasteiger partial charge in [-0.2, -0.15) is 0 Å². The molecule has 2 N–H and O–H groups in total. The molecule has 1 rings (SSSR count). The molecular weight excluding hydrogens is 219 g/mol. The number of ether oxygens (including phenoxy) is 1. The van der Waals surface area contributed by atoms with Crippen LogP contribution in [0.3, 0.4) is 0 Å². The SMILES string of the molecule is COc1c(F)cc(F)c(F)c1CC(C)(C)N. The molecule has 90 valence electrons. The van der Waals surface area contributed by atoms with E-state index in [1.807, 2.05) is 0 Å². The Morgan fingerprint density at radius 3 is 2.25 bits per heavy atom. The molecule has 0 fully saturated rings. The third-order valence-corrected chi connectivity index (χ3v) is 2.06. The summed E-state index contributed by atoms with van der Waals surface area (Å²) in [5.41, 5.74) is 4.74. The van der Waals surface area contributed by atoms with Crippen LogP contribution in [0.15, 0.2) is 6.07 Å². The lowest BCUT2D eigenvalue weighted by atomic mass is 9.95. The molecule has 0 unspecified atom stereocenters. The van der Waals surface area contributed by atoms with Gasteiger partial charge in [0.25, 0.3) is 0 Å². The molecule has 0 aromatic heterocycles. The van der Waals surface area contributed by atoms with Gasteiger partial charge in [0, 0.05) is 17.2 Å². The van der Waals surface area contributed by atoms with Crippen LogP contribution in [0, 0.1) is 17.5 Å². The van der Waals surface area contributed by atoms with Gasteiger partial charge in [0.05, 0.1) is 7.11 Å². The van der Waals surface area contributed by atoms with Crippen molar-refractivity contribution in [2.45, 2.75) is 25.8 Å². The number of benzene rings is 1. The van der Waals surface area contributed by atoms with Gasteiger partial charge < -0.3 is 10.5 Å². The Balaban J connectivity index is 3.33. The van der Waals surface area contributed by atoms with Crippen LogP contribution in [0.1, 0.15) is 19.4 Å². The van der Waals surface area contributed by atoms with E-state index in [4.69, 9.17) is 10.5 Å².